The van der Waals surface area contributed by atoms with Crippen LogP contribution in [0.1, 0.15) is 34.7 Å². The predicted molar refractivity (Wildman–Crippen MR) is 148 cm³/mol. The largest absolute Gasteiger partial charge is 0.243 e. The van der Waals surface area contributed by atoms with Gasteiger partial charge in [-0.25, -0.2) is 8.42 Å². The highest BCUT2D eigenvalue weighted by molar-refractivity contribution is 7.89. The van der Waals surface area contributed by atoms with E-state index in [1.165, 1.54) is 0 Å². The second-order valence-corrected chi connectivity index (χ2v) is 11.6. The molecule has 5 rings (SSSR count). The van der Waals surface area contributed by atoms with Crippen LogP contribution in [0.15, 0.2) is 114 Å². The van der Waals surface area contributed by atoms with Gasteiger partial charge >= 0.3 is 0 Å². The summed E-state index contributed by atoms with van der Waals surface area (Å²) in [5, 5.41) is 0.947. The van der Waals surface area contributed by atoms with Crippen molar-refractivity contribution in [2.45, 2.75) is 24.3 Å². The Labute approximate surface area is 222 Å². The molecule has 0 bridgehead atoms. The van der Waals surface area contributed by atoms with Gasteiger partial charge in [0.2, 0.25) is 10.0 Å². The molecule has 4 aromatic carbocycles. The highest BCUT2D eigenvalue weighted by Crippen LogP contribution is 2.47. The highest BCUT2D eigenvalue weighted by Gasteiger charge is 2.41. The zero-order valence-corrected chi connectivity index (χ0v) is 22.1. The van der Waals surface area contributed by atoms with Crippen molar-refractivity contribution < 1.29 is 8.42 Å². The van der Waals surface area contributed by atoms with Gasteiger partial charge in [0.1, 0.15) is 0 Å². The summed E-state index contributed by atoms with van der Waals surface area (Å²) in [6, 6.07) is 31.9. The first-order valence-corrected chi connectivity index (χ1v) is 13.9. The Balaban J connectivity index is 1.77. The van der Waals surface area contributed by atoms with Gasteiger partial charge in [0.25, 0.3) is 0 Å². The minimum absolute atomic E-state index is 0.269. The number of aryl methyl sites for hydroxylation is 1. The first-order valence-electron chi connectivity index (χ1n) is 11.7. The molecule has 1 heterocycles. The van der Waals surface area contributed by atoms with Crippen molar-refractivity contribution >= 4 is 38.8 Å². The van der Waals surface area contributed by atoms with Gasteiger partial charge in [-0.15, -0.1) is 0 Å². The van der Waals surface area contributed by atoms with E-state index >= 15 is 0 Å². The molecule has 3 nitrogen and oxygen atoms in total. The summed E-state index contributed by atoms with van der Waals surface area (Å²) in [6.45, 7) is 2.29. The second kappa shape index (κ2) is 10.2. The summed E-state index contributed by atoms with van der Waals surface area (Å²) in [7, 11) is -3.80. The van der Waals surface area contributed by atoms with Crippen LogP contribution >= 0.6 is 23.2 Å². The molecule has 1 aliphatic heterocycles. The Hall–Kier alpha value is -2.89. The van der Waals surface area contributed by atoms with Crippen molar-refractivity contribution in [2.24, 2.45) is 0 Å². The molecule has 0 spiro atoms. The van der Waals surface area contributed by atoms with Crippen molar-refractivity contribution in [3.63, 3.8) is 0 Å². The number of hydrogen-bond acceptors (Lipinski definition) is 2. The standard InChI is InChI=1S/C30H25Cl2NO2S/c1-21-12-15-25(16-13-21)36(34,35)33-19-18-27(30(33)26-17-14-24(31)20-28(26)32)29(22-8-4-2-5-9-22)23-10-6-3-7-11-23/h2-17,20,30H,18-19H2,1H3. The van der Waals surface area contributed by atoms with Gasteiger partial charge in [0.05, 0.1) is 10.9 Å². The molecule has 0 N–H and O–H groups in total. The van der Waals surface area contributed by atoms with E-state index in [0.717, 1.165) is 27.8 Å². The van der Waals surface area contributed by atoms with Gasteiger partial charge in [-0.3, -0.25) is 0 Å². The van der Waals surface area contributed by atoms with Crippen molar-refractivity contribution in [1.29, 1.82) is 0 Å². The smallest absolute Gasteiger partial charge is 0.207 e. The summed E-state index contributed by atoms with van der Waals surface area (Å²) in [5.74, 6) is 0. The third-order valence-electron chi connectivity index (χ3n) is 6.55. The van der Waals surface area contributed by atoms with E-state index in [0.29, 0.717) is 28.6 Å². The van der Waals surface area contributed by atoms with E-state index in [-0.39, 0.29) is 4.90 Å². The minimum atomic E-state index is -3.80. The van der Waals surface area contributed by atoms with Crippen LogP contribution in [0.25, 0.3) is 5.57 Å². The van der Waals surface area contributed by atoms with E-state index < -0.39 is 16.1 Å². The van der Waals surface area contributed by atoms with Crippen molar-refractivity contribution in [1.82, 2.24) is 4.31 Å². The molecular formula is C30H25Cl2NO2S. The molecule has 0 aliphatic carbocycles. The molecule has 182 valence electrons. The van der Waals surface area contributed by atoms with Gasteiger partial charge < -0.3 is 0 Å². The monoisotopic (exact) mass is 533 g/mol. The Morgan fingerprint density at radius 2 is 1.39 bits per heavy atom. The normalized spacial score (nSPS) is 16.3. The Kier molecular flexibility index (Phi) is 7.05. The lowest BCUT2D eigenvalue weighted by Crippen LogP contribution is -2.31. The Morgan fingerprint density at radius 1 is 0.806 bits per heavy atom. The number of nitrogens with zero attached hydrogens (tertiary/aromatic N) is 1. The van der Waals surface area contributed by atoms with E-state index in [1.54, 1.807) is 28.6 Å². The lowest BCUT2D eigenvalue weighted by atomic mass is 9.87. The number of halogens is 2. The van der Waals surface area contributed by atoms with E-state index in [2.05, 4.69) is 24.3 Å². The molecule has 6 heteroatoms. The lowest BCUT2D eigenvalue weighted by Gasteiger charge is -2.28. The number of rotatable bonds is 5. The van der Waals surface area contributed by atoms with Crippen LogP contribution < -0.4 is 0 Å². The lowest BCUT2D eigenvalue weighted by molar-refractivity contribution is 0.415. The average Bonchev–Trinajstić information content (AvgIpc) is 3.31. The van der Waals surface area contributed by atoms with E-state index in [9.17, 15) is 8.42 Å². The Morgan fingerprint density at radius 3 is 1.94 bits per heavy atom. The molecule has 0 saturated carbocycles. The fourth-order valence-corrected chi connectivity index (χ4v) is 6.96. The van der Waals surface area contributed by atoms with Crippen LogP contribution in [-0.2, 0) is 10.0 Å². The maximum atomic E-state index is 14.0. The zero-order valence-electron chi connectivity index (χ0n) is 19.7. The first-order chi connectivity index (χ1) is 17.4. The van der Waals surface area contributed by atoms with Gasteiger partial charge in [0.15, 0.2) is 0 Å². The summed E-state index contributed by atoms with van der Waals surface area (Å²) in [4.78, 5) is 0.269. The van der Waals surface area contributed by atoms with Crippen LogP contribution in [0.3, 0.4) is 0 Å². The van der Waals surface area contributed by atoms with Crippen LogP contribution in [0.2, 0.25) is 10.0 Å². The predicted octanol–water partition coefficient (Wildman–Crippen LogP) is 7.94. The quantitative estimate of drug-likeness (QED) is 0.261. The third kappa shape index (κ3) is 4.74. The molecule has 0 aromatic heterocycles. The van der Waals surface area contributed by atoms with Crippen LogP contribution in [-0.4, -0.2) is 19.3 Å². The molecule has 1 fully saturated rings. The number of sulfonamides is 1. The van der Waals surface area contributed by atoms with Crippen molar-refractivity contribution in [3.05, 3.63) is 141 Å². The first kappa shape index (κ1) is 24.8. The van der Waals surface area contributed by atoms with Crippen molar-refractivity contribution in [2.75, 3.05) is 6.54 Å². The molecule has 4 aromatic rings. The minimum Gasteiger partial charge on any atom is -0.207 e. The summed E-state index contributed by atoms with van der Waals surface area (Å²) in [6.07, 6.45) is 0.577. The van der Waals surface area contributed by atoms with E-state index in [1.807, 2.05) is 61.5 Å². The summed E-state index contributed by atoms with van der Waals surface area (Å²) >= 11 is 12.9. The Bertz CT molecular complexity index is 1480. The third-order valence-corrected chi connectivity index (χ3v) is 8.99. The molecular weight excluding hydrogens is 509 g/mol. The fraction of sp³-hybridized carbons (Fsp3) is 0.133. The van der Waals surface area contributed by atoms with Crippen LogP contribution in [0, 0.1) is 6.92 Å². The molecule has 0 amide bonds. The average molecular weight is 535 g/mol. The molecule has 1 saturated heterocycles. The second-order valence-electron chi connectivity index (χ2n) is 8.88. The molecule has 0 radical (unpaired) electrons. The SMILES string of the molecule is Cc1ccc(S(=O)(=O)N2CCC(=C(c3ccccc3)c3ccccc3)C2c2ccc(Cl)cc2Cl)cc1. The van der Waals surface area contributed by atoms with Gasteiger partial charge in [-0.2, -0.15) is 4.31 Å². The fourth-order valence-electron chi connectivity index (χ4n) is 4.85. The van der Waals surface area contributed by atoms with Gasteiger partial charge in [-0.1, -0.05) is 108 Å². The molecule has 36 heavy (non-hydrogen) atoms. The van der Waals surface area contributed by atoms with E-state index in [4.69, 9.17) is 23.2 Å². The van der Waals surface area contributed by atoms with Gasteiger partial charge in [0, 0.05) is 16.6 Å². The zero-order chi connectivity index (χ0) is 25.3. The summed E-state index contributed by atoms with van der Waals surface area (Å²) < 4.78 is 29.5. The topological polar surface area (TPSA) is 37.4 Å². The molecule has 1 atom stereocenters. The number of hydrogen-bond donors (Lipinski definition) is 0. The maximum absolute atomic E-state index is 14.0. The van der Waals surface area contributed by atoms with Crippen molar-refractivity contribution in [3.8, 4) is 0 Å². The maximum Gasteiger partial charge on any atom is 0.243 e. The summed E-state index contributed by atoms with van der Waals surface area (Å²) in [5.41, 5.74) is 5.81. The molecule has 1 aliphatic rings. The molecule has 1 unspecified atom stereocenters. The van der Waals surface area contributed by atoms with Crippen LogP contribution in [0.4, 0.5) is 0 Å². The number of benzene rings is 4. The van der Waals surface area contributed by atoms with Crippen LogP contribution in [0.5, 0.6) is 0 Å². The highest BCUT2D eigenvalue weighted by atomic mass is 35.5. The van der Waals surface area contributed by atoms with Gasteiger partial charge in [-0.05, 0) is 65.4 Å².